The summed E-state index contributed by atoms with van der Waals surface area (Å²) in [6.07, 6.45) is 2.40. The Labute approximate surface area is 155 Å². The fraction of sp³-hybridized carbons (Fsp3) is 0.353. The number of sulfone groups is 1. The van der Waals surface area contributed by atoms with E-state index in [0.29, 0.717) is 35.2 Å². The molecule has 0 spiro atoms. The Hall–Kier alpha value is -2.19. The van der Waals surface area contributed by atoms with Gasteiger partial charge in [-0.05, 0) is 25.5 Å². The summed E-state index contributed by atoms with van der Waals surface area (Å²) in [4.78, 5) is 4.65. The topological polar surface area (TPSA) is 90.9 Å². The van der Waals surface area contributed by atoms with Gasteiger partial charge in [0.05, 0.1) is 29.2 Å². The van der Waals surface area contributed by atoms with E-state index < -0.39 is 15.4 Å². The summed E-state index contributed by atoms with van der Waals surface area (Å²) in [5.74, 6) is 1.36. The van der Waals surface area contributed by atoms with Gasteiger partial charge in [0.1, 0.15) is 12.1 Å². The molecule has 1 unspecified atom stereocenters. The number of hydrogen-bond donors (Lipinski definition) is 0. The van der Waals surface area contributed by atoms with E-state index in [1.54, 1.807) is 22.9 Å². The second-order valence-corrected chi connectivity index (χ2v) is 9.40. The van der Waals surface area contributed by atoms with Crippen LogP contribution in [0.1, 0.15) is 24.9 Å². The molecule has 136 valence electrons. The first-order valence-corrected chi connectivity index (χ1v) is 10.4. The minimum absolute atomic E-state index is 0.0458. The standard InChI is InChI=1S/C17H17ClN4O3S/c1-17(6-8-26(23,24)11-17)22-15(10-14-5-7-25-21-14)19-16(20-22)12-3-2-4-13(18)9-12/h2-5,7,9H,6,8,10-11H2,1H3. The lowest BCUT2D eigenvalue weighted by Crippen LogP contribution is -2.34. The lowest BCUT2D eigenvalue weighted by molar-refractivity contribution is 0.317. The molecular formula is C17H17ClN4O3S. The van der Waals surface area contributed by atoms with Gasteiger partial charge in [-0.15, -0.1) is 0 Å². The third-order valence-corrected chi connectivity index (χ3v) is 6.70. The van der Waals surface area contributed by atoms with Crippen molar-refractivity contribution in [3.05, 3.63) is 53.1 Å². The summed E-state index contributed by atoms with van der Waals surface area (Å²) in [6, 6.07) is 9.03. The zero-order valence-electron chi connectivity index (χ0n) is 14.1. The molecule has 3 aromatic rings. The maximum absolute atomic E-state index is 12.1. The van der Waals surface area contributed by atoms with Gasteiger partial charge in [-0.3, -0.25) is 0 Å². The average Bonchev–Trinajstić information content (AvgIpc) is 3.28. The van der Waals surface area contributed by atoms with E-state index in [4.69, 9.17) is 16.1 Å². The third kappa shape index (κ3) is 3.26. The van der Waals surface area contributed by atoms with Crippen LogP contribution in [0.25, 0.3) is 11.4 Å². The molecule has 1 atom stereocenters. The molecule has 1 fully saturated rings. The second kappa shape index (κ2) is 6.21. The van der Waals surface area contributed by atoms with Gasteiger partial charge in [-0.2, -0.15) is 5.10 Å². The molecule has 0 N–H and O–H groups in total. The minimum atomic E-state index is -3.09. The van der Waals surface area contributed by atoms with Gasteiger partial charge in [-0.25, -0.2) is 18.1 Å². The fourth-order valence-corrected chi connectivity index (χ4v) is 5.59. The molecule has 0 amide bonds. The van der Waals surface area contributed by atoms with Crippen LogP contribution >= 0.6 is 11.6 Å². The Balaban J connectivity index is 1.80. The molecule has 3 heterocycles. The van der Waals surface area contributed by atoms with Crippen molar-refractivity contribution < 1.29 is 12.9 Å². The van der Waals surface area contributed by atoms with E-state index in [9.17, 15) is 8.42 Å². The van der Waals surface area contributed by atoms with Crippen molar-refractivity contribution in [1.29, 1.82) is 0 Å². The van der Waals surface area contributed by atoms with E-state index in [2.05, 4.69) is 15.2 Å². The molecule has 4 rings (SSSR count). The summed E-state index contributed by atoms with van der Waals surface area (Å²) >= 11 is 6.08. The van der Waals surface area contributed by atoms with Gasteiger partial charge < -0.3 is 4.52 Å². The van der Waals surface area contributed by atoms with Crippen LogP contribution in [0.2, 0.25) is 5.02 Å². The molecule has 0 saturated carbocycles. The van der Waals surface area contributed by atoms with Gasteiger partial charge in [0.15, 0.2) is 15.7 Å². The molecule has 2 aromatic heterocycles. The number of rotatable bonds is 4. The van der Waals surface area contributed by atoms with Crippen molar-refractivity contribution in [2.24, 2.45) is 0 Å². The van der Waals surface area contributed by atoms with Crippen molar-refractivity contribution >= 4 is 21.4 Å². The highest BCUT2D eigenvalue weighted by Crippen LogP contribution is 2.33. The van der Waals surface area contributed by atoms with E-state index in [0.717, 1.165) is 5.56 Å². The number of hydrogen-bond acceptors (Lipinski definition) is 6. The minimum Gasteiger partial charge on any atom is -0.364 e. The van der Waals surface area contributed by atoms with Crippen LogP contribution in [0.15, 0.2) is 41.1 Å². The smallest absolute Gasteiger partial charge is 0.181 e. The summed E-state index contributed by atoms with van der Waals surface area (Å²) in [5.41, 5.74) is 0.852. The second-order valence-electron chi connectivity index (χ2n) is 6.78. The van der Waals surface area contributed by atoms with Crippen molar-refractivity contribution in [3.8, 4) is 11.4 Å². The first-order chi connectivity index (χ1) is 12.3. The maximum Gasteiger partial charge on any atom is 0.181 e. The highest BCUT2D eigenvalue weighted by Gasteiger charge is 2.42. The normalized spacial score (nSPS) is 21.9. The zero-order chi connectivity index (χ0) is 18.4. The predicted molar refractivity (Wildman–Crippen MR) is 96.7 cm³/mol. The highest BCUT2D eigenvalue weighted by atomic mass is 35.5. The number of benzene rings is 1. The Bertz CT molecular complexity index is 1050. The van der Waals surface area contributed by atoms with Crippen molar-refractivity contribution in [1.82, 2.24) is 19.9 Å². The lowest BCUT2D eigenvalue weighted by atomic mass is 10.0. The lowest BCUT2D eigenvalue weighted by Gasteiger charge is -2.24. The van der Waals surface area contributed by atoms with E-state index in [1.807, 2.05) is 19.1 Å². The van der Waals surface area contributed by atoms with Crippen LogP contribution in [0.4, 0.5) is 0 Å². The molecule has 9 heteroatoms. The van der Waals surface area contributed by atoms with Crippen LogP contribution in [-0.2, 0) is 21.8 Å². The molecule has 0 aliphatic carbocycles. The molecule has 0 bridgehead atoms. The van der Waals surface area contributed by atoms with Gasteiger partial charge in [0, 0.05) is 16.7 Å². The van der Waals surface area contributed by atoms with Crippen molar-refractivity contribution in [2.75, 3.05) is 11.5 Å². The Morgan fingerprint density at radius 3 is 2.85 bits per heavy atom. The molecule has 1 aliphatic rings. The van der Waals surface area contributed by atoms with E-state index >= 15 is 0 Å². The first kappa shape index (κ1) is 17.2. The fourth-order valence-electron chi connectivity index (χ4n) is 3.29. The molecule has 1 aliphatic heterocycles. The monoisotopic (exact) mass is 392 g/mol. The van der Waals surface area contributed by atoms with Crippen LogP contribution in [0.5, 0.6) is 0 Å². The molecule has 1 saturated heterocycles. The summed E-state index contributed by atoms with van der Waals surface area (Å²) in [6.45, 7) is 1.90. The summed E-state index contributed by atoms with van der Waals surface area (Å²) < 4.78 is 30.8. The van der Waals surface area contributed by atoms with Crippen LogP contribution in [0, 0.1) is 0 Å². The molecule has 0 radical (unpaired) electrons. The molecule has 1 aromatic carbocycles. The average molecular weight is 393 g/mol. The van der Waals surface area contributed by atoms with Crippen LogP contribution in [0.3, 0.4) is 0 Å². The van der Waals surface area contributed by atoms with Gasteiger partial charge in [0.2, 0.25) is 0 Å². The van der Waals surface area contributed by atoms with E-state index in [-0.39, 0.29) is 11.5 Å². The molecule has 7 nitrogen and oxygen atoms in total. The van der Waals surface area contributed by atoms with Crippen LogP contribution < -0.4 is 0 Å². The van der Waals surface area contributed by atoms with Crippen LogP contribution in [-0.4, -0.2) is 39.8 Å². The van der Waals surface area contributed by atoms with Gasteiger partial charge in [-0.1, -0.05) is 28.9 Å². The largest absolute Gasteiger partial charge is 0.364 e. The maximum atomic E-state index is 12.1. The van der Waals surface area contributed by atoms with Gasteiger partial charge >= 0.3 is 0 Å². The third-order valence-electron chi connectivity index (χ3n) is 4.58. The van der Waals surface area contributed by atoms with E-state index in [1.165, 1.54) is 6.26 Å². The summed E-state index contributed by atoms with van der Waals surface area (Å²) in [7, 11) is -3.09. The van der Waals surface area contributed by atoms with Gasteiger partial charge in [0.25, 0.3) is 0 Å². The number of halogens is 1. The number of aromatic nitrogens is 4. The highest BCUT2D eigenvalue weighted by molar-refractivity contribution is 7.91. The predicted octanol–water partition coefficient (Wildman–Crippen LogP) is 2.71. The Morgan fingerprint density at radius 1 is 1.35 bits per heavy atom. The molecule has 26 heavy (non-hydrogen) atoms. The quantitative estimate of drug-likeness (QED) is 0.678. The Kier molecular flexibility index (Phi) is 4.11. The number of nitrogens with zero attached hydrogens (tertiary/aromatic N) is 4. The van der Waals surface area contributed by atoms with Crippen molar-refractivity contribution in [2.45, 2.75) is 25.3 Å². The Morgan fingerprint density at radius 2 is 2.19 bits per heavy atom. The summed E-state index contributed by atoms with van der Waals surface area (Å²) in [5, 5.41) is 9.17. The van der Waals surface area contributed by atoms with Crippen molar-refractivity contribution in [3.63, 3.8) is 0 Å². The molecular weight excluding hydrogens is 376 g/mol. The first-order valence-electron chi connectivity index (χ1n) is 8.17. The zero-order valence-corrected chi connectivity index (χ0v) is 15.7. The SMILES string of the molecule is CC1(n2nc(-c3cccc(Cl)c3)nc2Cc2ccon2)CCS(=O)(=O)C1.